The summed E-state index contributed by atoms with van der Waals surface area (Å²) in [7, 11) is -3.73. The van der Waals surface area contributed by atoms with Gasteiger partial charge in [0.25, 0.3) is 10.0 Å². The third-order valence-corrected chi connectivity index (χ3v) is 6.16. The summed E-state index contributed by atoms with van der Waals surface area (Å²) in [6.07, 6.45) is 3.23. The van der Waals surface area contributed by atoms with E-state index >= 15 is 0 Å². The maximum absolute atomic E-state index is 12.8. The minimum atomic E-state index is -3.73. The molecule has 4 aromatic rings. The number of benzene rings is 2. The van der Waals surface area contributed by atoms with Gasteiger partial charge in [0, 0.05) is 23.2 Å². The van der Waals surface area contributed by atoms with Crippen molar-refractivity contribution >= 4 is 47.5 Å². The predicted octanol–water partition coefficient (Wildman–Crippen LogP) is 3.95. The van der Waals surface area contributed by atoms with Gasteiger partial charge in [-0.3, -0.25) is 9.71 Å². The number of nitrogens with zero attached hydrogens (tertiary/aromatic N) is 2. The maximum Gasteiger partial charge on any atom is 0.264 e. The molecule has 0 bridgehead atoms. The van der Waals surface area contributed by atoms with Crippen LogP contribution in [0, 0.1) is 6.92 Å². The van der Waals surface area contributed by atoms with Gasteiger partial charge in [-0.1, -0.05) is 29.5 Å². The number of hydrogen-bond acceptors (Lipinski definition) is 5. The van der Waals surface area contributed by atoms with Crippen LogP contribution in [-0.4, -0.2) is 18.4 Å². The molecule has 2 heterocycles. The lowest BCUT2D eigenvalue weighted by Crippen LogP contribution is -2.13. The van der Waals surface area contributed by atoms with Gasteiger partial charge >= 0.3 is 0 Å². The molecule has 0 saturated carbocycles. The van der Waals surface area contributed by atoms with Crippen LogP contribution in [0.4, 0.5) is 5.13 Å². The Kier molecular flexibility index (Phi) is 3.47. The molecule has 0 radical (unpaired) electrons. The van der Waals surface area contributed by atoms with Crippen molar-refractivity contribution in [2.75, 3.05) is 4.72 Å². The first-order valence-electron chi connectivity index (χ1n) is 7.26. The minimum absolute atomic E-state index is 0.220. The van der Waals surface area contributed by atoms with Crippen molar-refractivity contribution in [1.82, 2.24) is 9.97 Å². The van der Waals surface area contributed by atoms with Crippen LogP contribution >= 0.6 is 11.3 Å². The van der Waals surface area contributed by atoms with E-state index in [1.54, 1.807) is 30.6 Å². The average molecular weight is 355 g/mol. The maximum atomic E-state index is 12.8. The summed E-state index contributed by atoms with van der Waals surface area (Å²) in [6.45, 7) is 1.99. The molecular formula is C17H13N3O2S2. The number of nitrogens with one attached hydrogen (secondary N) is 1. The zero-order chi connectivity index (χ0) is 16.7. The van der Waals surface area contributed by atoms with E-state index in [1.807, 2.05) is 31.2 Å². The lowest BCUT2D eigenvalue weighted by Gasteiger charge is -2.08. The smallest absolute Gasteiger partial charge is 0.264 e. The molecule has 0 atom stereocenters. The number of rotatable bonds is 3. The highest BCUT2D eigenvalue weighted by Gasteiger charge is 2.19. The topological polar surface area (TPSA) is 72.0 Å². The zero-order valence-electron chi connectivity index (χ0n) is 12.7. The molecule has 1 N–H and O–H groups in total. The van der Waals surface area contributed by atoms with Gasteiger partial charge < -0.3 is 0 Å². The third kappa shape index (κ3) is 2.61. The summed E-state index contributed by atoms with van der Waals surface area (Å²) in [5.41, 5.74) is 1.90. The minimum Gasteiger partial charge on any atom is -0.264 e. The van der Waals surface area contributed by atoms with Crippen molar-refractivity contribution < 1.29 is 8.42 Å². The van der Waals surface area contributed by atoms with Crippen LogP contribution in [0.3, 0.4) is 0 Å². The number of aromatic nitrogens is 2. The summed E-state index contributed by atoms with van der Waals surface area (Å²) < 4.78 is 29.1. The lowest BCUT2D eigenvalue weighted by molar-refractivity contribution is 0.602. The van der Waals surface area contributed by atoms with Crippen molar-refractivity contribution in [3.05, 3.63) is 60.4 Å². The molecular weight excluding hydrogens is 342 g/mol. The summed E-state index contributed by atoms with van der Waals surface area (Å²) in [6, 6.07) is 12.7. The Hall–Kier alpha value is -2.51. The lowest BCUT2D eigenvalue weighted by atomic mass is 10.2. The molecule has 0 spiro atoms. The van der Waals surface area contributed by atoms with Gasteiger partial charge in [0.05, 0.1) is 15.1 Å². The van der Waals surface area contributed by atoms with Crippen molar-refractivity contribution in [2.24, 2.45) is 0 Å². The number of thiazole rings is 1. The number of sulfonamides is 1. The van der Waals surface area contributed by atoms with Gasteiger partial charge in [0.1, 0.15) is 0 Å². The van der Waals surface area contributed by atoms with E-state index in [-0.39, 0.29) is 4.90 Å². The van der Waals surface area contributed by atoms with E-state index in [9.17, 15) is 8.42 Å². The molecule has 0 amide bonds. The standard InChI is InChI=1S/C17H13N3O2S2/c1-11-5-6-14-15(9-11)23-17(19-14)20-24(21,22)16-4-2-3-12-10-18-8-7-13(12)16/h2-10H,1H3,(H,19,20). The van der Waals surface area contributed by atoms with Crippen LogP contribution in [0.2, 0.25) is 0 Å². The Morgan fingerprint density at radius 3 is 2.88 bits per heavy atom. The van der Waals surface area contributed by atoms with E-state index in [2.05, 4.69) is 14.7 Å². The third-order valence-electron chi connectivity index (χ3n) is 3.70. The van der Waals surface area contributed by atoms with Crippen LogP contribution in [0.1, 0.15) is 5.56 Å². The highest BCUT2D eigenvalue weighted by atomic mass is 32.2. The highest BCUT2D eigenvalue weighted by Crippen LogP contribution is 2.30. The normalized spacial score (nSPS) is 11.9. The second-order valence-corrected chi connectivity index (χ2v) is 8.13. The largest absolute Gasteiger partial charge is 0.264 e. The molecule has 0 fully saturated rings. The number of aryl methyl sites for hydroxylation is 1. The summed E-state index contributed by atoms with van der Waals surface area (Å²) in [5, 5.41) is 1.78. The number of fused-ring (bicyclic) bond motifs is 2. The molecule has 7 heteroatoms. The Morgan fingerprint density at radius 1 is 1.12 bits per heavy atom. The number of hydrogen-bond donors (Lipinski definition) is 1. The van der Waals surface area contributed by atoms with Crippen molar-refractivity contribution in [2.45, 2.75) is 11.8 Å². The molecule has 2 aromatic heterocycles. The van der Waals surface area contributed by atoms with Crippen molar-refractivity contribution in [3.63, 3.8) is 0 Å². The quantitative estimate of drug-likeness (QED) is 0.604. The van der Waals surface area contributed by atoms with E-state index in [0.717, 1.165) is 21.2 Å². The van der Waals surface area contributed by atoms with Crippen LogP contribution in [0.25, 0.3) is 21.0 Å². The highest BCUT2D eigenvalue weighted by molar-refractivity contribution is 7.93. The Morgan fingerprint density at radius 2 is 2.00 bits per heavy atom. The first-order valence-corrected chi connectivity index (χ1v) is 9.56. The van der Waals surface area contributed by atoms with Gasteiger partial charge in [-0.15, -0.1) is 0 Å². The molecule has 0 saturated heterocycles. The van der Waals surface area contributed by atoms with Crippen molar-refractivity contribution in [1.29, 1.82) is 0 Å². The predicted molar refractivity (Wildman–Crippen MR) is 96.9 cm³/mol. The van der Waals surface area contributed by atoms with Crippen LogP contribution in [-0.2, 0) is 10.0 Å². The van der Waals surface area contributed by atoms with Crippen LogP contribution in [0.15, 0.2) is 59.8 Å². The SMILES string of the molecule is Cc1ccc2nc(NS(=O)(=O)c3cccc4cnccc34)sc2c1. The van der Waals surface area contributed by atoms with E-state index in [1.165, 1.54) is 11.3 Å². The monoisotopic (exact) mass is 355 g/mol. The second-order valence-electron chi connectivity index (χ2n) is 5.45. The van der Waals surface area contributed by atoms with Gasteiger partial charge in [-0.25, -0.2) is 13.4 Å². The molecule has 2 aromatic carbocycles. The van der Waals surface area contributed by atoms with Gasteiger partial charge in [-0.2, -0.15) is 0 Å². The number of pyridine rings is 1. The molecule has 5 nitrogen and oxygen atoms in total. The molecule has 0 unspecified atom stereocenters. The second kappa shape index (κ2) is 5.54. The molecule has 0 aliphatic rings. The Labute approximate surface area is 143 Å². The van der Waals surface area contributed by atoms with Gasteiger partial charge in [0.2, 0.25) is 0 Å². The van der Waals surface area contributed by atoms with E-state index in [0.29, 0.717) is 10.5 Å². The van der Waals surface area contributed by atoms with Gasteiger partial charge in [-0.05, 0) is 36.8 Å². The zero-order valence-corrected chi connectivity index (χ0v) is 14.4. The van der Waals surface area contributed by atoms with Crippen LogP contribution < -0.4 is 4.72 Å². The summed E-state index contributed by atoms with van der Waals surface area (Å²) in [4.78, 5) is 8.61. The van der Waals surface area contributed by atoms with Gasteiger partial charge in [0.15, 0.2) is 5.13 Å². The van der Waals surface area contributed by atoms with E-state index in [4.69, 9.17) is 0 Å². The first-order chi connectivity index (χ1) is 11.5. The summed E-state index contributed by atoms with van der Waals surface area (Å²) >= 11 is 1.32. The van der Waals surface area contributed by atoms with Crippen LogP contribution in [0.5, 0.6) is 0 Å². The first kappa shape index (κ1) is 15.0. The fraction of sp³-hybridized carbons (Fsp3) is 0.0588. The molecule has 4 rings (SSSR count). The average Bonchev–Trinajstić information content (AvgIpc) is 2.94. The fourth-order valence-electron chi connectivity index (χ4n) is 2.57. The Balaban J connectivity index is 1.79. The summed E-state index contributed by atoms with van der Waals surface area (Å²) in [5.74, 6) is 0. The Bertz CT molecular complexity index is 1160. The molecule has 0 aliphatic carbocycles. The molecule has 0 aliphatic heterocycles. The van der Waals surface area contributed by atoms with Crippen molar-refractivity contribution in [3.8, 4) is 0 Å². The molecule has 120 valence electrons. The molecule has 24 heavy (non-hydrogen) atoms. The number of anilines is 1. The fourth-order valence-corrected chi connectivity index (χ4v) is 5.00. The van der Waals surface area contributed by atoms with E-state index < -0.39 is 10.0 Å².